The molecule has 1 aliphatic carbocycles. The lowest BCUT2D eigenvalue weighted by Gasteiger charge is -2.32. The van der Waals surface area contributed by atoms with Gasteiger partial charge in [0.05, 0.1) is 0 Å². The number of Topliss-reactive ketones (excluding diaryl/α,β-unsaturated/α-hetero) is 1. The summed E-state index contributed by atoms with van der Waals surface area (Å²) in [5, 5.41) is 8.71. The van der Waals surface area contributed by atoms with Gasteiger partial charge in [0, 0.05) is 23.3 Å². The van der Waals surface area contributed by atoms with E-state index in [1.165, 1.54) is 6.07 Å². The van der Waals surface area contributed by atoms with Crippen molar-refractivity contribution in [3.05, 3.63) is 76.7 Å². The Morgan fingerprint density at radius 3 is 2.78 bits per heavy atom. The van der Waals surface area contributed by atoms with E-state index in [-0.39, 0.29) is 24.2 Å². The standard InChI is InChI=1S/C24H23FN4O2S/c1-2-32-24-27-23-26-19-8-5-9-20(30)21(19)22(29(23)28-24)15-10-12-17(13-11-15)31-14-16-6-3-4-7-18(16)25/h3-4,6-7,10-13,22H,2,5,8-9,14H2,1H3,(H,26,27,28). The number of allylic oxidation sites excluding steroid dienone is 2. The summed E-state index contributed by atoms with van der Waals surface area (Å²) in [7, 11) is 0. The van der Waals surface area contributed by atoms with Crippen LogP contribution in [-0.2, 0) is 11.4 Å². The van der Waals surface area contributed by atoms with Gasteiger partial charge in [-0.3, -0.25) is 4.79 Å². The fourth-order valence-electron chi connectivity index (χ4n) is 4.16. The fourth-order valence-corrected chi connectivity index (χ4v) is 4.71. The van der Waals surface area contributed by atoms with Crippen LogP contribution >= 0.6 is 11.8 Å². The van der Waals surface area contributed by atoms with Crippen molar-refractivity contribution in [3.8, 4) is 5.75 Å². The fraction of sp³-hybridized carbons (Fsp3) is 0.292. The van der Waals surface area contributed by atoms with Gasteiger partial charge < -0.3 is 10.1 Å². The quantitative estimate of drug-likeness (QED) is 0.525. The molecule has 3 aromatic rings. The van der Waals surface area contributed by atoms with Crippen LogP contribution in [0.15, 0.2) is 65.0 Å². The Hall–Kier alpha value is -3.13. The Balaban J connectivity index is 1.45. The lowest BCUT2D eigenvalue weighted by atomic mass is 9.85. The molecule has 0 bridgehead atoms. The van der Waals surface area contributed by atoms with Crippen LogP contribution in [0.2, 0.25) is 0 Å². The minimum Gasteiger partial charge on any atom is -0.489 e. The Kier molecular flexibility index (Phi) is 5.70. The second-order valence-corrected chi connectivity index (χ2v) is 8.97. The van der Waals surface area contributed by atoms with Crippen LogP contribution in [0.3, 0.4) is 0 Å². The summed E-state index contributed by atoms with van der Waals surface area (Å²) in [6, 6.07) is 13.8. The van der Waals surface area contributed by atoms with E-state index in [4.69, 9.17) is 4.74 Å². The molecule has 1 unspecified atom stereocenters. The second-order valence-electron chi connectivity index (χ2n) is 7.74. The third kappa shape index (κ3) is 3.90. The third-order valence-electron chi connectivity index (χ3n) is 5.67. The van der Waals surface area contributed by atoms with Crippen molar-refractivity contribution in [2.75, 3.05) is 11.1 Å². The molecule has 0 spiro atoms. The van der Waals surface area contributed by atoms with Crippen LogP contribution in [0.25, 0.3) is 0 Å². The van der Waals surface area contributed by atoms with Crippen LogP contribution in [-0.4, -0.2) is 26.3 Å². The normalized spacial score (nSPS) is 17.6. The zero-order valence-corrected chi connectivity index (χ0v) is 18.5. The minimum atomic E-state index is -0.326. The van der Waals surface area contributed by atoms with Gasteiger partial charge in [0.15, 0.2) is 5.78 Å². The zero-order chi connectivity index (χ0) is 22.1. The lowest BCUT2D eigenvalue weighted by Crippen LogP contribution is -2.31. The van der Waals surface area contributed by atoms with Gasteiger partial charge in [-0.1, -0.05) is 49.0 Å². The van der Waals surface area contributed by atoms with Crippen LogP contribution in [0.4, 0.5) is 10.3 Å². The number of carbonyl (C=O) groups is 1. The number of benzene rings is 2. The topological polar surface area (TPSA) is 69.0 Å². The summed E-state index contributed by atoms with van der Waals surface area (Å²) in [5.41, 5.74) is 3.15. The number of fused-ring (bicyclic) bond motifs is 1. The monoisotopic (exact) mass is 450 g/mol. The van der Waals surface area contributed by atoms with Crippen LogP contribution < -0.4 is 10.1 Å². The predicted octanol–water partition coefficient (Wildman–Crippen LogP) is 5.13. The number of ketones is 1. The number of anilines is 1. The van der Waals surface area contributed by atoms with Gasteiger partial charge in [-0.2, -0.15) is 4.98 Å². The molecule has 32 heavy (non-hydrogen) atoms. The minimum absolute atomic E-state index is 0.148. The van der Waals surface area contributed by atoms with E-state index in [1.54, 1.807) is 30.0 Å². The van der Waals surface area contributed by atoms with Gasteiger partial charge in [-0.15, -0.1) is 5.10 Å². The molecule has 164 valence electrons. The Bertz CT molecular complexity index is 1190. The van der Waals surface area contributed by atoms with Crippen molar-refractivity contribution in [1.82, 2.24) is 14.8 Å². The maximum Gasteiger partial charge on any atom is 0.227 e. The highest BCUT2D eigenvalue weighted by Crippen LogP contribution is 2.40. The third-order valence-corrected chi connectivity index (χ3v) is 6.39. The van der Waals surface area contributed by atoms with Crippen LogP contribution in [0.1, 0.15) is 43.4 Å². The number of hydrogen-bond donors (Lipinski definition) is 1. The number of nitrogens with one attached hydrogen (secondary N) is 1. The predicted molar refractivity (Wildman–Crippen MR) is 121 cm³/mol. The Morgan fingerprint density at radius 2 is 2.00 bits per heavy atom. The molecule has 5 rings (SSSR count). The molecule has 1 N–H and O–H groups in total. The van der Waals surface area contributed by atoms with Crippen molar-refractivity contribution in [1.29, 1.82) is 0 Å². The molecule has 6 nitrogen and oxygen atoms in total. The van der Waals surface area contributed by atoms with E-state index >= 15 is 0 Å². The molecular weight excluding hydrogens is 427 g/mol. The van der Waals surface area contributed by atoms with Gasteiger partial charge in [0.2, 0.25) is 11.1 Å². The summed E-state index contributed by atoms with van der Waals surface area (Å²) in [4.78, 5) is 17.5. The van der Waals surface area contributed by atoms with Gasteiger partial charge >= 0.3 is 0 Å². The average Bonchev–Trinajstić information content (AvgIpc) is 3.20. The first-order chi connectivity index (χ1) is 15.6. The summed E-state index contributed by atoms with van der Waals surface area (Å²) in [5.74, 6) is 2.03. The first-order valence-electron chi connectivity index (χ1n) is 10.7. The van der Waals surface area contributed by atoms with E-state index in [1.807, 2.05) is 28.9 Å². The average molecular weight is 451 g/mol. The molecule has 0 saturated carbocycles. The molecule has 2 heterocycles. The van der Waals surface area contributed by atoms with E-state index in [9.17, 15) is 9.18 Å². The summed E-state index contributed by atoms with van der Waals surface area (Å²) in [6.45, 7) is 2.21. The highest BCUT2D eigenvalue weighted by Gasteiger charge is 2.36. The number of thioether (sulfide) groups is 1. The van der Waals surface area contributed by atoms with Gasteiger partial charge in [-0.25, -0.2) is 9.07 Å². The summed E-state index contributed by atoms with van der Waals surface area (Å²) < 4.78 is 21.4. The first-order valence-corrected chi connectivity index (χ1v) is 11.7. The molecule has 0 fully saturated rings. The number of nitrogens with zero attached hydrogens (tertiary/aromatic N) is 3. The molecular formula is C24H23FN4O2S. The van der Waals surface area contributed by atoms with Crippen molar-refractivity contribution >= 4 is 23.5 Å². The molecule has 1 aromatic heterocycles. The van der Waals surface area contributed by atoms with Gasteiger partial charge in [0.25, 0.3) is 0 Å². The van der Waals surface area contributed by atoms with E-state index in [2.05, 4.69) is 22.3 Å². The zero-order valence-electron chi connectivity index (χ0n) is 17.7. The molecule has 0 saturated heterocycles. The van der Waals surface area contributed by atoms with Gasteiger partial charge in [0.1, 0.15) is 24.2 Å². The number of halogens is 1. The van der Waals surface area contributed by atoms with E-state index in [0.717, 1.165) is 35.4 Å². The smallest absolute Gasteiger partial charge is 0.227 e. The highest BCUT2D eigenvalue weighted by atomic mass is 32.2. The van der Waals surface area contributed by atoms with Gasteiger partial charge in [-0.05, 0) is 42.4 Å². The van der Waals surface area contributed by atoms with Crippen molar-refractivity contribution in [2.45, 2.75) is 44.0 Å². The largest absolute Gasteiger partial charge is 0.489 e. The van der Waals surface area contributed by atoms with E-state index < -0.39 is 0 Å². The number of hydrogen-bond acceptors (Lipinski definition) is 6. The van der Waals surface area contributed by atoms with Crippen LogP contribution in [0, 0.1) is 5.82 Å². The number of aromatic nitrogens is 3. The molecule has 2 aliphatic rings. The molecule has 1 atom stereocenters. The Morgan fingerprint density at radius 1 is 1.19 bits per heavy atom. The number of ether oxygens (including phenoxy) is 1. The van der Waals surface area contributed by atoms with Crippen molar-refractivity contribution in [3.63, 3.8) is 0 Å². The number of rotatable bonds is 6. The molecule has 2 aromatic carbocycles. The summed E-state index contributed by atoms with van der Waals surface area (Å²) in [6.07, 6.45) is 2.21. The summed E-state index contributed by atoms with van der Waals surface area (Å²) >= 11 is 1.57. The first kappa shape index (κ1) is 20.8. The maximum atomic E-state index is 13.9. The number of carbonyl (C=O) groups excluding carboxylic acids is 1. The molecule has 1 aliphatic heterocycles. The lowest BCUT2D eigenvalue weighted by molar-refractivity contribution is -0.116. The molecule has 8 heteroatoms. The van der Waals surface area contributed by atoms with Crippen LogP contribution in [0.5, 0.6) is 5.75 Å². The molecule has 0 radical (unpaired) electrons. The second kappa shape index (κ2) is 8.78. The van der Waals surface area contributed by atoms with Crippen molar-refractivity contribution < 1.29 is 13.9 Å². The highest BCUT2D eigenvalue weighted by molar-refractivity contribution is 7.99. The Labute approximate surface area is 189 Å². The van der Waals surface area contributed by atoms with E-state index in [0.29, 0.717) is 28.8 Å². The SMILES string of the molecule is CCSc1nc2n(n1)C(c1ccc(OCc3ccccc3F)cc1)C1=C(CCCC1=O)N2. The van der Waals surface area contributed by atoms with Crippen molar-refractivity contribution in [2.24, 2.45) is 0 Å². The molecule has 0 amide bonds. The maximum absolute atomic E-state index is 13.9.